The molecule has 0 aliphatic carbocycles. The first kappa shape index (κ1) is 23.9. The summed E-state index contributed by atoms with van der Waals surface area (Å²) in [7, 11) is -2.43. The summed E-state index contributed by atoms with van der Waals surface area (Å²) in [6, 6.07) is 22.3. The van der Waals surface area contributed by atoms with E-state index in [1.54, 1.807) is 0 Å². The van der Waals surface area contributed by atoms with Gasteiger partial charge in [0.25, 0.3) is 8.32 Å². The Bertz CT molecular complexity index is 805. The number of nitrogens with one attached hydrogen (secondary N) is 1. The van der Waals surface area contributed by atoms with Crippen molar-refractivity contribution in [1.29, 1.82) is 0 Å². The lowest BCUT2D eigenvalue weighted by molar-refractivity contribution is 0.339. The van der Waals surface area contributed by atoms with Gasteiger partial charge in [-0.25, -0.2) is 0 Å². The van der Waals surface area contributed by atoms with E-state index >= 15 is 0 Å². The topological polar surface area (TPSA) is 21.3 Å². The number of piperidine rings is 1. The molecule has 1 N–H and O–H groups in total. The standard InChI is InChI=1S/C27H37NOSSi/c1-27(2,3)31(24-17-9-6-10-18-24,25-19-11-7-12-20-25)29-22-13-5-4-8-15-23-16-14-21-26(30)28-23/h5-7,9-13,17-20,23H,4,8,14-16,21-22H2,1-3H3,(H,28,30)/b13-5-. The molecule has 2 aromatic rings. The summed E-state index contributed by atoms with van der Waals surface area (Å²) < 4.78 is 6.90. The fourth-order valence-corrected chi connectivity index (χ4v) is 9.51. The van der Waals surface area contributed by atoms with Crippen LogP contribution in [0.5, 0.6) is 0 Å². The van der Waals surface area contributed by atoms with Gasteiger partial charge < -0.3 is 9.74 Å². The number of rotatable bonds is 9. The maximum Gasteiger partial charge on any atom is 0.261 e. The van der Waals surface area contributed by atoms with Crippen LogP contribution in [0.3, 0.4) is 0 Å². The van der Waals surface area contributed by atoms with Crippen LogP contribution in [0.25, 0.3) is 0 Å². The average molecular weight is 452 g/mol. The predicted octanol–water partition coefficient (Wildman–Crippen LogP) is 5.76. The monoisotopic (exact) mass is 451 g/mol. The minimum atomic E-state index is -2.43. The Balaban J connectivity index is 1.65. The van der Waals surface area contributed by atoms with Crippen molar-refractivity contribution in [2.24, 2.45) is 0 Å². The Morgan fingerprint density at radius 3 is 2.16 bits per heavy atom. The van der Waals surface area contributed by atoms with Crippen LogP contribution in [-0.2, 0) is 4.43 Å². The number of benzene rings is 2. The molecule has 4 heteroatoms. The Hall–Kier alpha value is -1.75. The molecule has 1 heterocycles. The largest absolute Gasteiger partial charge is 0.404 e. The summed E-state index contributed by atoms with van der Waals surface area (Å²) >= 11 is 5.33. The van der Waals surface area contributed by atoms with Crippen LogP contribution in [0.15, 0.2) is 72.8 Å². The second-order valence-corrected chi connectivity index (χ2v) is 14.3. The Kier molecular flexibility index (Phi) is 8.64. The van der Waals surface area contributed by atoms with Gasteiger partial charge in [0.2, 0.25) is 0 Å². The molecule has 0 spiro atoms. The summed E-state index contributed by atoms with van der Waals surface area (Å²) in [6.07, 6.45) is 11.5. The fraction of sp³-hybridized carbons (Fsp3) is 0.444. The maximum absolute atomic E-state index is 6.90. The molecule has 3 rings (SSSR count). The third-order valence-electron chi connectivity index (χ3n) is 6.22. The molecule has 1 atom stereocenters. The molecule has 0 amide bonds. The van der Waals surface area contributed by atoms with Crippen molar-refractivity contribution in [2.45, 2.75) is 70.4 Å². The van der Waals surface area contributed by atoms with E-state index in [1.807, 2.05) is 0 Å². The van der Waals surface area contributed by atoms with E-state index in [9.17, 15) is 0 Å². The molecule has 1 fully saturated rings. The smallest absolute Gasteiger partial charge is 0.261 e. The number of unbranched alkanes of at least 4 members (excludes halogenated alkanes) is 1. The first-order valence-corrected chi connectivity index (χ1v) is 13.9. The highest BCUT2D eigenvalue weighted by molar-refractivity contribution is 7.80. The molecular formula is C27H37NOSSi. The fourth-order valence-electron chi connectivity index (χ4n) is 4.70. The third-order valence-corrected chi connectivity index (χ3v) is 11.6. The predicted molar refractivity (Wildman–Crippen MR) is 140 cm³/mol. The summed E-state index contributed by atoms with van der Waals surface area (Å²) in [5.41, 5.74) is 0. The van der Waals surface area contributed by atoms with Crippen molar-refractivity contribution in [3.05, 3.63) is 72.8 Å². The lowest BCUT2D eigenvalue weighted by Gasteiger charge is -2.42. The van der Waals surface area contributed by atoms with Gasteiger partial charge in [0.1, 0.15) is 0 Å². The van der Waals surface area contributed by atoms with Gasteiger partial charge in [-0.2, -0.15) is 0 Å². The Morgan fingerprint density at radius 2 is 1.61 bits per heavy atom. The molecule has 2 aromatic carbocycles. The van der Waals surface area contributed by atoms with Crippen LogP contribution < -0.4 is 15.7 Å². The number of hydrogen-bond acceptors (Lipinski definition) is 2. The molecule has 1 aliphatic heterocycles. The molecule has 2 nitrogen and oxygen atoms in total. The van der Waals surface area contributed by atoms with Gasteiger partial charge >= 0.3 is 0 Å². The van der Waals surface area contributed by atoms with Gasteiger partial charge in [0.05, 0.1) is 11.6 Å². The highest BCUT2D eigenvalue weighted by Crippen LogP contribution is 2.36. The second kappa shape index (κ2) is 11.2. The lowest BCUT2D eigenvalue weighted by atomic mass is 9.99. The molecule has 0 bridgehead atoms. The van der Waals surface area contributed by atoms with Crippen molar-refractivity contribution in [1.82, 2.24) is 5.32 Å². The quantitative estimate of drug-likeness (QED) is 0.227. The van der Waals surface area contributed by atoms with Gasteiger partial charge in [0.15, 0.2) is 0 Å². The number of allylic oxidation sites excluding steroid dienone is 1. The average Bonchev–Trinajstić information content (AvgIpc) is 2.76. The third kappa shape index (κ3) is 6.15. The highest BCUT2D eigenvalue weighted by Gasteiger charge is 2.49. The van der Waals surface area contributed by atoms with Gasteiger partial charge in [-0.1, -0.05) is 106 Å². The van der Waals surface area contributed by atoms with E-state index in [0.29, 0.717) is 12.6 Å². The zero-order valence-electron chi connectivity index (χ0n) is 19.3. The molecule has 0 aromatic heterocycles. The van der Waals surface area contributed by atoms with Crippen LogP contribution in [0.4, 0.5) is 0 Å². The summed E-state index contributed by atoms with van der Waals surface area (Å²) in [5.74, 6) is 0. The van der Waals surface area contributed by atoms with Crippen LogP contribution in [-0.4, -0.2) is 26.0 Å². The summed E-state index contributed by atoms with van der Waals surface area (Å²) in [6.45, 7) is 7.62. The summed E-state index contributed by atoms with van der Waals surface area (Å²) in [4.78, 5) is 1.05. The zero-order chi connectivity index (χ0) is 22.2. The van der Waals surface area contributed by atoms with E-state index < -0.39 is 8.32 Å². The van der Waals surface area contributed by atoms with Gasteiger partial charge in [-0.05, 0) is 53.9 Å². The Morgan fingerprint density at radius 1 is 1.00 bits per heavy atom. The molecule has 1 saturated heterocycles. The van der Waals surface area contributed by atoms with Crippen LogP contribution in [0.2, 0.25) is 5.04 Å². The highest BCUT2D eigenvalue weighted by atomic mass is 32.1. The van der Waals surface area contributed by atoms with Crippen molar-refractivity contribution >= 4 is 35.9 Å². The van der Waals surface area contributed by atoms with Crippen LogP contribution in [0, 0.1) is 0 Å². The van der Waals surface area contributed by atoms with E-state index in [-0.39, 0.29) is 5.04 Å². The van der Waals surface area contributed by atoms with Crippen LogP contribution in [0.1, 0.15) is 59.3 Å². The first-order chi connectivity index (χ1) is 14.9. The zero-order valence-corrected chi connectivity index (χ0v) is 21.1. The van der Waals surface area contributed by atoms with Gasteiger partial charge in [0, 0.05) is 6.04 Å². The molecule has 31 heavy (non-hydrogen) atoms. The minimum Gasteiger partial charge on any atom is -0.404 e. The van der Waals surface area contributed by atoms with E-state index in [1.165, 1.54) is 36.1 Å². The molecule has 0 saturated carbocycles. The maximum atomic E-state index is 6.90. The van der Waals surface area contributed by atoms with Crippen molar-refractivity contribution in [2.75, 3.05) is 6.61 Å². The van der Waals surface area contributed by atoms with E-state index in [0.717, 1.165) is 17.8 Å². The molecule has 1 unspecified atom stereocenters. The molecule has 166 valence electrons. The first-order valence-electron chi connectivity index (χ1n) is 11.6. The van der Waals surface area contributed by atoms with Gasteiger partial charge in [-0.15, -0.1) is 0 Å². The van der Waals surface area contributed by atoms with E-state index in [4.69, 9.17) is 16.6 Å². The van der Waals surface area contributed by atoms with E-state index in [2.05, 4.69) is 98.9 Å². The second-order valence-electron chi connectivity index (χ2n) is 9.53. The number of hydrogen-bond donors (Lipinski definition) is 1. The SMILES string of the molecule is CC(C)(C)[Si](OC/C=C\CCCC1CCCC(=S)N1)(c1ccccc1)c1ccccc1. The van der Waals surface area contributed by atoms with Gasteiger partial charge in [-0.3, -0.25) is 0 Å². The lowest BCUT2D eigenvalue weighted by Crippen LogP contribution is -2.66. The molecule has 1 aliphatic rings. The minimum absolute atomic E-state index is 0.0224. The Labute approximate surface area is 195 Å². The molecular weight excluding hydrogens is 414 g/mol. The molecule has 0 radical (unpaired) electrons. The summed E-state index contributed by atoms with van der Waals surface area (Å²) in [5, 5.41) is 6.17. The number of thiocarbonyl (C=S) groups is 1. The van der Waals surface area contributed by atoms with Crippen LogP contribution >= 0.6 is 12.2 Å². The normalized spacial score (nSPS) is 17.6. The van der Waals surface area contributed by atoms with Crippen molar-refractivity contribution in [3.63, 3.8) is 0 Å². The van der Waals surface area contributed by atoms with Crippen molar-refractivity contribution < 1.29 is 4.43 Å². The van der Waals surface area contributed by atoms with Crippen molar-refractivity contribution in [3.8, 4) is 0 Å².